The third kappa shape index (κ3) is 57.1. The van der Waals surface area contributed by atoms with Crippen molar-refractivity contribution in [1.82, 2.24) is 0 Å². The van der Waals surface area contributed by atoms with Crippen LogP contribution in [0.3, 0.4) is 0 Å². The molecule has 1 unspecified atom stereocenters. The number of carbonyl (C=O) groups excluding carboxylic acids is 2. The summed E-state index contributed by atoms with van der Waals surface area (Å²) in [5.41, 5.74) is 0. The summed E-state index contributed by atoms with van der Waals surface area (Å²) in [5, 5.41) is 0. The molecule has 0 saturated carbocycles. The van der Waals surface area contributed by atoms with Crippen LogP contribution >= 0.6 is 0 Å². The SMILES string of the molecule is CC/C=C\C/C=C\C/C=C\C/C=C\CCCCCCCCC(=O)OCC(COCCCCCCCCCCCC/C=C\CCCCCCCC)OC(=O)CCCC/C=C\C/C=C\C/C=C\C/C=C\CC. The molecule has 0 aromatic carbocycles. The Morgan fingerprint density at radius 2 is 0.643 bits per heavy atom. The van der Waals surface area contributed by atoms with E-state index in [1.54, 1.807) is 0 Å². The van der Waals surface area contributed by atoms with Gasteiger partial charge in [0.2, 0.25) is 0 Å². The largest absolute Gasteiger partial charge is 0.462 e. The minimum Gasteiger partial charge on any atom is -0.462 e. The van der Waals surface area contributed by atoms with Crippen LogP contribution < -0.4 is 0 Å². The second kappa shape index (κ2) is 59.9. The normalized spacial score (nSPS) is 13.0. The Balaban J connectivity index is 4.35. The molecule has 400 valence electrons. The molecule has 0 N–H and O–H groups in total. The first-order chi connectivity index (χ1) is 34.6. The summed E-state index contributed by atoms with van der Waals surface area (Å²) in [6.45, 7) is 7.55. The minimum atomic E-state index is -0.572. The second-order valence-corrected chi connectivity index (χ2v) is 19.1. The van der Waals surface area contributed by atoms with E-state index in [1.165, 1.54) is 122 Å². The van der Waals surface area contributed by atoms with E-state index in [-0.39, 0.29) is 25.2 Å². The number of carbonyl (C=O) groups is 2. The minimum absolute atomic E-state index is 0.0553. The van der Waals surface area contributed by atoms with Crippen molar-refractivity contribution in [3.05, 3.63) is 109 Å². The van der Waals surface area contributed by atoms with Gasteiger partial charge in [0.15, 0.2) is 6.10 Å². The van der Waals surface area contributed by atoms with Crippen LogP contribution in [0.15, 0.2) is 109 Å². The van der Waals surface area contributed by atoms with Crippen molar-refractivity contribution in [2.45, 2.75) is 271 Å². The van der Waals surface area contributed by atoms with Crippen LogP contribution in [0.25, 0.3) is 0 Å². The van der Waals surface area contributed by atoms with E-state index >= 15 is 0 Å². The molecule has 0 fully saturated rings. The zero-order valence-electron chi connectivity index (χ0n) is 46.0. The molecule has 0 saturated heterocycles. The lowest BCUT2D eigenvalue weighted by molar-refractivity contribution is -0.163. The fourth-order valence-electron chi connectivity index (χ4n) is 7.96. The highest BCUT2D eigenvalue weighted by Crippen LogP contribution is 2.14. The van der Waals surface area contributed by atoms with Crippen molar-refractivity contribution in [1.29, 1.82) is 0 Å². The number of hydrogen-bond donors (Lipinski definition) is 0. The molecule has 0 aliphatic heterocycles. The maximum absolute atomic E-state index is 12.8. The van der Waals surface area contributed by atoms with Gasteiger partial charge in [0, 0.05) is 19.4 Å². The van der Waals surface area contributed by atoms with Crippen molar-refractivity contribution < 1.29 is 23.8 Å². The van der Waals surface area contributed by atoms with Crippen molar-refractivity contribution in [3.8, 4) is 0 Å². The van der Waals surface area contributed by atoms with Gasteiger partial charge in [-0.05, 0) is 122 Å². The first kappa shape index (κ1) is 66.6. The van der Waals surface area contributed by atoms with Gasteiger partial charge in [-0.25, -0.2) is 0 Å². The van der Waals surface area contributed by atoms with Gasteiger partial charge in [0.05, 0.1) is 6.61 Å². The predicted molar refractivity (Wildman–Crippen MR) is 306 cm³/mol. The first-order valence-corrected chi connectivity index (χ1v) is 29.4. The molecule has 1 atom stereocenters. The van der Waals surface area contributed by atoms with E-state index in [2.05, 4.69) is 130 Å². The molecule has 5 heteroatoms. The number of allylic oxidation sites excluding steroid dienone is 18. The molecule has 0 rings (SSSR count). The number of ether oxygens (including phenoxy) is 3. The molecule has 0 heterocycles. The molecule has 5 nitrogen and oxygen atoms in total. The van der Waals surface area contributed by atoms with Crippen LogP contribution in [0.5, 0.6) is 0 Å². The first-order valence-electron chi connectivity index (χ1n) is 29.4. The molecule has 0 aromatic heterocycles. The topological polar surface area (TPSA) is 61.8 Å². The zero-order chi connectivity index (χ0) is 50.6. The second-order valence-electron chi connectivity index (χ2n) is 19.1. The maximum Gasteiger partial charge on any atom is 0.306 e. The van der Waals surface area contributed by atoms with E-state index in [4.69, 9.17) is 14.2 Å². The highest BCUT2D eigenvalue weighted by molar-refractivity contribution is 5.70. The Hall–Kier alpha value is -3.44. The van der Waals surface area contributed by atoms with Gasteiger partial charge in [0.1, 0.15) is 6.61 Å². The summed E-state index contributed by atoms with van der Waals surface area (Å²) in [4.78, 5) is 25.5. The summed E-state index contributed by atoms with van der Waals surface area (Å²) in [6, 6.07) is 0. The molecule has 0 radical (unpaired) electrons. The molecule has 0 spiro atoms. The lowest BCUT2D eigenvalue weighted by Gasteiger charge is -2.18. The van der Waals surface area contributed by atoms with E-state index < -0.39 is 6.10 Å². The monoisotopic (exact) mass is 971 g/mol. The van der Waals surface area contributed by atoms with Gasteiger partial charge in [-0.15, -0.1) is 0 Å². The van der Waals surface area contributed by atoms with Crippen LogP contribution in [0.4, 0.5) is 0 Å². The van der Waals surface area contributed by atoms with Crippen LogP contribution in [-0.2, 0) is 23.8 Å². The molecular weight excluding hydrogens is 861 g/mol. The third-order valence-corrected chi connectivity index (χ3v) is 12.3. The molecule has 0 aromatic rings. The fraction of sp³-hybridized carbons (Fsp3) is 0.692. The summed E-state index contributed by atoms with van der Waals surface area (Å²) >= 11 is 0. The molecule has 0 aliphatic rings. The standard InChI is InChI=1S/C65H110O5/c1-4-7-10-13-16-19-22-25-28-30-32-34-36-39-42-45-48-51-54-57-60-68-61-63(70-65(67)59-56-53-50-47-44-41-37-27-24-21-18-15-12-9-6-3)62-69-64(66)58-55-52-49-46-43-40-38-35-33-31-29-26-23-20-17-14-11-8-5-2/h8-9,11-12,17-18,20-21,25-29,33,35,37,44,47,63H,4-7,10,13-16,19,22-24,30-32,34,36,38-43,45-46,48-62H2,1-3H3/b11-8-,12-9-,20-17-,21-18-,28-25-,29-26-,35-33-,37-27-,47-44-. The van der Waals surface area contributed by atoms with Gasteiger partial charge >= 0.3 is 11.9 Å². The van der Waals surface area contributed by atoms with Gasteiger partial charge in [0.25, 0.3) is 0 Å². The lowest BCUT2D eigenvalue weighted by Crippen LogP contribution is -2.30. The number of rotatable bonds is 53. The van der Waals surface area contributed by atoms with Gasteiger partial charge in [-0.2, -0.15) is 0 Å². The quantitative estimate of drug-likeness (QED) is 0.0345. The fourth-order valence-corrected chi connectivity index (χ4v) is 7.96. The molecular formula is C65H110O5. The zero-order valence-corrected chi connectivity index (χ0v) is 46.0. The Morgan fingerprint density at radius 1 is 0.329 bits per heavy atom. The Morgan fingerprint density at radius 3 is 1.07 bits per heavy atom. The number of hydrogen-bond acceptors (Lipinski definition) is 5. The maximum atomic E-state index is 12.8. The van der Waals surface area contributed by atoms with Crippen molar-refractivity contribution >= 4 is 11.9 Å². The van der Waals surface area contributed by atoms with Gasteiger partial charge < -0.3 is 14.2 Å². The molecule has 0 aliphatic carbocycles. The highest BCUT2D eigenvalue weighted by Gasteiger charge is 2.17. The summed E-state index contributed by atoms with van der Waals surface area (Å²) in [5.74, 6) is -0.461. The summed E-state index contributed by atoms with van der Waals surface area (Å²) in [6.07, 6.45) is 82.6. The smallest absolute Gasteiger partial charge is 0.306 e. The van der Waals surface area contributed by atoms with E-state index in [0.29, 0.717) is 19.4 Å². The predicted octanol–water partition coefficient (Wildman–Crippen LogP) is 20.3. The van der Waals surface area contributed by atoms with Crippen LogP contribution in [0.2, 0.25) is 0 Å². The van der Waals surface area contributed by atoms with Crippen LogP contribution in [0, 0.1) is 0 Å². The molecule has 0 bridgehead atoms. The Bertz CT molecular complexity index is 1380. The number of esters is 2. The summed E-state index contributed by atoms with van der Waals surface area (Å²) < 4.78 is 17.4. The van der Waals surface area contributed by atoms with E-state index in [1.807, 2.05) is 0 Å². The van der Waals surface area contributed by atoms with Crippen molar-refractivity contribution in [3.63, 3.8) is 0 Å². The van der Waals surface area contributed by atoms with E-state index in [0.717, 1.165) is 109 Å². The van der Waals surface area contributed by atoms with Gasteiger partial charge in [-0.3, -0.25) is 9.59 Å². The van der Waals surface area contributed by atoms with Crippen molar-refractivity contribution in [2.24, 2.45) is 0 Å². The molecule has 70 heavy (non-hydrogen) atoms. The average Bonchev–Trinajstić information content (AvgIpc) is 3.36. The van der Waals surface area contributed by atoms with E-state index in [9.17, 15) is 9.59 Å². The van der Waals surface area contributed by atoms with Crippen molar-refractivity contribution in [2.75, 3.05) is 19.8 Å². The third-order valence-electron chi connectivity index (χ3n) is 12.3. The lowest BCUT2D eigenvalue weighted by atomic mass is 10.1. The average molecular weight is 972 g/mol. The highest BCUT2D eigenvalue weighted by atomic mass is 16.6. The van der Waals surface area contributed by atoms with Crippen LogP contribution in [0.1, 0.15) is 265 Å². The Kier molecular flexibility index (Phi) is 56.9. The number of unbranched alkanes of at least 4 members (excludes halogenated alkanes) is 24. The van der Waals surface area contributed by atoms with Crippen LogP contribution in [-0.4, -0.2) is 37.9 Å². The van der Waals surface area contributed by atoms with Gasteiger partial charge in [-0.1, -0.05) is 239 Å². The Labute approximate surface area is 434 Å². The molecule has 0 amide bonds. The summed E-state index contributed by atoms with van der Waals surface area (Å²) in [7, 11) is 0.